The molecule has 1 amide bonds. The summed E-state index contributed by atoms with van der Waals surface area (Å²) in [6.45, 7) is 5.15. The molecule has 0 radical (unpaired) electrons. The number of alkyl halides is 1. The molecule has 4 heteroatoms. The number of amides is 1. The van der Waals surface area contributed by atoms with Crippen LogP contribution in [0.15, 0.2) is 18.2 Å². The molecule has 1 aromatic rings. The summed E-state index contributed by atoms with van der Waals surface area (Å²) in [6.07, 6.45) is 1.23. The topological polar surface area (TPSA) is 29.5 Å². The molecule has 0 aromatic heterocycles. The predicted molar refractivity (Wildman–Crippen MR) is 79.0 cm³/mol. The summed E-state index contributed by atoms with van der Waals surface area (Å²) in [4.78, 5) is 13.4. The summed E-state index contributed by atoms with van der Waals surface area (Å²) in [5, 5.41) is 0. The highest BCUT2D eigenvalue weighted by molar-refractivity contribution is 6.17. The second-order valence-corrected chi connectivity index (χ2v) is 5.06. The van der Waals surface area contributed by atoms with Crippen molar-refractivity contribution in [2.75, 3.05) is 26.1 Å². The zero-order chi connectivity index (χ0) is 14.3. The van der Waals surface area contributed by atoms with E-state index < -0.39 is 0 Å². The maximum Gasteiger partial charge on any atom is 0.222 e. The summed E-state index contributed by atoms with van der Waals surface area (Å²) in [5.41, 5.74) is 2.24. The van der Waals surface area contributed by atoms with Crippen LogP contribution in [0.4, 0.5) is 0 Å². The van der Waals surface area contributed by atoms with Gasteiger partial charge in [0.05, 0.1) is 6.54 Å². The minimum Gasteiger partial charge on any atom is -0.491 e. The number of para-hydroxylation sites is 1. The van der Waals surface area contributed by atoms with Crippen molar-refractivity contribution in [2.24, 2.45) is 0 Å². The molecule has 3 nitrogen and oxygen atoms in total. The largest absolute Gasteiger partial charge is 0.491 e. The highest BCUT2D eigenvalue weighted by atomic mass is 35.5. The molecule has 0 unspecified atom stereocenters. The Morgan fingerprint density at radius 2 is 1.95 bits per heavy atom. The zero-order valence-electron chi connectivity index (χ0n) is 11.9. The Labute approximate surface area is 120 Å². The number of likely N-dealkylation sites (N-methyl/N-ethyl adjacent to an activating group) is 1. The lowest BCUT2D eigenvalue weighted by Crippen LogP contribution is -2.30. The molecule has 0 fully saturated rings. The quantitative estimate of drug-likeness (QED) is 0.720. The fraction of sp³-hybridized carbons (Fsp3) is 0.533. The van der Waals surface area contributed by atoms with Gasteiger partial charge in [0.1, 0.15) is 12.4 Å². The third kappa shape index (κ3) is 5.11. The van der Waals surface area contributed by atoms with E-state index in [0.29, 0.717) is 25.5 Å². The molecule has 0 heterocycles. The van der Waals surface area contributed by atoms with Gasteiger partial charge in [0.2, 0.25) is 5.91 Å². The van der Waals surface area contributed by atoms with Crippen LogP contribution in [0.5, 0.6) is 5.75 Å². The van der Waals surface area contributed by atoms with E-state index >= 15 is 0 Å². The van der Waals surface area contributed by atoms with Crippen LogP contribution in [0.2, 0.25) is 0 Å². The summed E-state index contributed by atoms with van der Waals surface area (Å²) in [5.74, 6) is 1.56. The van der Waals surface area contributed by atoms with Crippen LogP contribution in [0.3, 0.4) is 0 Å². The first kappa shape index (κ1) is 15.8. The van der Waals surface area contributed by atoms with Crippen LogP contribution >= 0.6 is 11.6 Å². The molecule has 0 atom stereocenters. The van der Waals surface area contributed by atoms with Crippen molar-refractivity contribution < 1.29 is 9.53 Å². The average molecular weight is 284 g/mol. The van der Waals surface area contributed by atoms with Crippen molar-refractivity contribution in [2.45, 2.75) is 26.7 Å². The summed E-state index contributed by atoms with van der Waals surface area (Å²) < 4.78 is 5.77. The highest BCUT2D eigenvalue weighted by Gasteiger charge is 2.09. The smallest absolute Gasteiger partial charge is 0.222 e. The van der Waals surface area contributed by atoms with Gasteiger partial charge in [0.15, 0.2) is 0 Å². The molecule has 1 aromatic carbocycles. The lowest BCUT2D eigenvalue weighted by Gasteiger charge is -2.18. The molecular weight excluding hydrogens is 262 g/mol. The molecule has 0 saturated heterocycles. The fourth-order valence-corrected chi connectivity index (χ4v) is 1.98. The standard InChI is InChI=1S/C15H22ClNO2/c1-12-6-4-7-13(2)15(12)19-11-10-17(3)14(18)8-5-9-16/h4,6-7H,5,8-11H2,1-3H3. The molecule has 1 rings (SSSR count). The summed E-state index contributed by atoms with van der Waals surface area (Å²) in [6, 6.07) is 6.06. The number of nitrogens with zero attached hydrogens (tertiary/aromatic N) is 1. The average Bonchev–Trinajstić information content (AvgIpc) is 2.39. The minimum absolute atomic E-state index is 0.116. The number of halogens is 1. The van der Waals surface area contributed by atoms with Gasteiger partial charge in [0.25, 0.3) is 0 Å². The molecule has 0 bridgehead atoms. The third-order valence-corrected chi connectivity index (χ3v) is 3.30. The number of rotatable bonds is 7. The van der Waals surface area contributed by atoms with E-state index in [2.05, 4.69) is 0 Å². The van der Waals surface area contributed by atoms with E-state index in [0.717, 1.165) is 23.3 Å². The van der Waals surface area contributed by atoms with Gasteiger partial charge in [-0.25, -0.2) is 0 Å². The first-order chi connectivity index (χ1) is 9.06. The van der Waals surface area contributed by atoms with Gasteiger partial charge in [-0.2, -0.15) is 0 Å². The number of hydrogen-bond donors (Lipinski definition) is 0. The molecule has 0 aliphatic rings. The Hall–Kier alpha value is -1.22. The number of carbonyl (C=O) groups excluding carboxylic acids is 1. The normalized spacial score (nSPS) is 10.3. The molecule has 0 saturated carbocycles. The van der Waals surface area contributed by atoms with Gasteiger partial charge in [-0.1, -0.05) is 18.2 Å². The Kier molecular flexibility index (Phi) is 6.71. The van der Waals surface area contributed by atoms with E-state index in [1.807, 2.05) is 32.0 Å². The lowest BCUT2D eigenvalue weighted by atomic mass is 10.1. The molecule has 0 aliphatic heterocycles. The monoisotopic (exact) mass is 283 g/mol. The van der Waals surface area contributed by atoms with E-state index in [4.69, 9.17) is 16.3 Å². The van der Waals surface area contributed by atoms with Crippen LogP contribution in [0.1, 0.15) is 24.0 Å². The van der Waals surface area contributed by atoms with E-state index in [9.17, 15) is 4.79 Å². The number of aryl methyl sites for hydroxylation is 2. The molecule has 106 valence electrons. The predicted octanol–water partition coefficient (Wildman–Crippen LogP) is 3.16. The SMILES string of the molecule is Cc1cccc(C)c1OCCN(C)C(=O)CCCCl. The molecule has 19 heavy (non-hydrogen) atoms. The first-order valence-corrected chi connectivity index (χ1v) is 7.08. The molecule has 0 aliphatic carbocycles. The van der Waals surface area contributed by atoms with Crippen LogP contribution in [-0.4, -0.2) is 36.9 Å². The number of benzene rings is 1. The van der Waals surface area contributed by atoms with Crippen molar-refractivity contribution in [1.29, 1.82) is 0 Å². The highest BCUT2D eigenvalue weighted by Crippen LogP contribution is 2.22. The Morgan fingerprint density at radius 3 is 2.53 bits per heavy atom. The van der Waals surface area contributed by atoms with Gasteiger partial charge in [-0.15, -0.1) is 11.6 Å². The minimum atomic E-state index is 0.116. The third-order valence-electron chi connectivity index (χ3n) is 3.03. The Morgan fingerprint density at radius 1 is 1.32 bits per heavy atom. The molecular formula is C15H22ClNO2. The second kappa shape index (κ2) is 8.05. The Bertz CT molecular complexity index is 400. The number of carbonyl (C=O) groups is 1. The van der Waals surface area contributed by atoms with E-state index in [1.54, 1.807) is 11.9 Å². The van der Waals surface area contributed by atoms with Crippen molar-refractivity contribution in [1.82, 2.24) is 4.90 Å². The van der Waals surface area contributed by atoms with Gasteiger partial charge in [-0.3, -0.25) is 4.79 Å². The number of hydrogen-bond acceptors (Lipinski definition) is 2. The van der Waals surface area contributed by atoms with Crippen molar-refractivity contribution in [3.63, 3.8) is 0 Å². The van der Waals surface area contributed by atoms with Crippen LogP contribution in [0, 0.1) is 13.8 Å². The van der Waals surface area contributed by atoms with Gasteiger partial charge >= 0.3 is 0 Å². The first-order valence-electron chi connectivity index (χ1n) is 6.55. The molecule has 0 N–H and O–H groups in total. The molecule has 0 spiro atoms. The lowest BCUT2D eigenvalue weighted by molar-refractivity contribution is -0.130. The van der Waals surface area contributed by atoms with Crippen LogP contribution in [0.25, 0.3) is 0 Å². The van der Waals surface area contributed by atoms with Gasteiger partial charge in [-0.05, 0) is 31.4 Å². The zero-order valence-corrected chi connectivity index (χ0v) is 12.7. The summed E-state index contributed by atoms with van der Waals surface area (Å²) >= 11 is 5.57. The van der Waals surface area contributed by atoms with Crippen LogP contribution in [-0.2, 0) is 4.79 Å². The second-order valence-electron chi connectivity index (χ2n) is 4.68. The maximum absolute atomic E-state index is 11.7. The number of ether oxygens (including phenoxy) is 1. The van der Waals surface area contributed by atoms with Crippen molar-refractivity contribution in [3.05, 3.63) is 29.3 Å². The van der Waals surface area contributed by atoms with Crippen LogP contribution < -0.4 is 4.74 Å². The maximum atomic E-state index is 11.7. The Balaban J connectivity index is 2.39. The summed E-state index contributed by atoms with van der Waals surface area (Å²) in [7, 11) is 1.80. The van der Waals surface area contributed by atoms with E-state index in [1.165, 1.54) is 0 Å². The van der Waals surface area contributed by atoms with E-state index in [-0.39, 0.29) is 5.91 Å². The fourth-order valence-electron chi connectivity index (χ4n) is 1.85. The van der Waals surface area contributed by atoms with Gasteiger partial charge in [0, 0.05) is 19.3 Å². The van der Waals surface area contributed by atoms with Crippen molar-refractivity contribution >= 4 is 17.5 Å². The van der Waals surface area contributed by atoms with Gasteiger partial charge < -0.3 is 9.64 Å². The van der Waals surface area contributed by atoms with Crippen molar-refractivity contribution in [3.8, 4) is 5.75 Å².